The molecule has 0 atom stereocenters. The van der Waals surface area contributed by atoms with Crippen molar-refractivity contribution in [1.82, 2.24) is 0 Å². The van der Waals surface area contributed by atoms with Gasteiger partial charge in [-0.05, 0) is 29.2 Å². The lowest BCUT2D eigenvalue weighted by atomic mass is 9.74. The molecule has 6 heteroatoms. The lowest BCUT2D eigenvalue weighted by Crippen LogP contribution is -2.36. The number of hydrogen-bond acceptors (Lipinski definition) is 2. The molecule has 0 bridgehead atoms. The smallest absolute Gasteiger partial charge is 0.328 e. The van der Waals surface area contributed by atoms with Crippen LogP contribution in [-0.2, 0) is 4.79 Å². The average Bonchev–Trinajstić information content (AvgIpc) is 2.26. The Bertz CT molecular complexity index is 550. The number of rotatable bonds is 3. The van der Waals surface area contributed by atoms with Crippen molar-refractivity contribution < 1.29 is 18.7 Å². The summed E-state index contributed by atoms with van der Waals surface area (Å²) in [7, 11) is 0. The molecule has 19 heavy (non-hydrogen) atoms. The van der Waals surface area contributed by atoms with E-state index in [4.69, 9.17) is 22.4 Å². The summed E-state index contributed by atoms with van der Waals surface area (Å²) in [6.07, 6.45) is 0.284. The molecule has 1 saturated carbocycles. The first kappa shape index (κ1) is 13.8. The highest BCUT2D eigenvalue weighted by Gasteiger charge is 2.47. The number of alkyl halides is 2. The number of aliphatic carboxylic acids is 1. The van der Waals surface area contributed by atoms with Gasteiger partial charge < -0.3 is 10.8 Å². The van der Waals surface area contributed by atoms with E-state index in [2.05, 4.69) is 0 Å². The lowest BCUT2D eigenvalue weighted by Gasteiger charge is -2.36. The lowest BCUT2D eigenvalue weighted by molar-refractivity contribution is -0.131. The van der Waals surface area contributed by atoms with Crippen LogP contribution < -0.4 is 5.73 Å². The van der Waals surface area contributed by atoms with Gasteiger partial charge in [-0.15, -0.1) is 0 Å². The zero-order valence-electron chi connectivity index (χ0n) is 9.87. The van der Waals surface area contributed by atoms with Crippen LogP contribution in [0.3, 0.4) is 0 Å². The highest BCUT2D eigenvalue weighted by atomic mass is 35.5. The Morgan fingerprint density at radius 3 is 2.58 bits per heavy atom. The molecule has 0 aliphatic heterocycles. The second-order valence-electron chi connectivity index (χ2n) is 4.64. The molecule has 1 aromatic carbocycles. The molecule has 0 unspecified atom stereocenters. The molecule has 3 nitrogen and oxygen atoms in total. The standard InChI is InChI=1S/C13H12ClF2NO2/c14-10-2-1-7(3-11(10)17)9(4-12(18)19)8-5-13(15,16)6-8/h1-4,8H,5-6,17H2,(H,18,19). The van der Waals surface area contributed by atoms with Crippen LogP contribution in [0.15, 0.2) is 24.3 Å². The highest BCUT2D eigenvalue weighted by Crippen LogP contribution is 2.49. The minimum Gasteiger partial charge on any atom is -0.478 e. The molecule has 0 aromatic heterocycles. The van der Waals surface area contributed by atoms with Gasteiger partial charge in [0.1, 0.15) is 0 Å². The van der Waals surface area contributed by atoms with Crippen molar-refractivity contribution in [2.45, 2.75) is 18.8 Å². The van der Waals surface area contributed by atoms with Crippen molar-refractivity contribution >= 4 is 28.8 Å². The summed E-state index contributed by atoms with van der Waals surface area (Å²) >= 11 is 5.78. The molecule has 1 fully saturated rings. The molecule has 0 heterocycles. The largest absolute Gasteiger partial charge is 0.478 e. The first-order chi connectivity index (χ1) is 8.78. The van der Waals surface area contributed by atoms with Gasteiger partial charge in [-0.1, -0.05) is 17.7 Å². The Labute approximate surface area is 113 Å². The maximum atomic E-state index is 12.9. The molecular formula is C13H12ClF2NO2. The number of carbonyl (C=O) groups is 1. The van der Waals surface area contributed by atoms with E-state index in [1.165, 1.54) is 12.1 Å². The topological polar surface area (TPSA) is 63.3 Å². The van der Waals surface area contributed by atoms with E-state index in [0.29, 0.717) is 21.8 Å². The number of anilines is 1. The van der Waals surface area contributed by atoms with Crippen molar-refractivity contribution in [3.63, 3.8) is 0 Å². The van der Waals surface area contributed by atoms with Crippen molar-refractivity contribution in [3.05, 3.63) is 34.9 Å². The third-order valence-corrected chi connectivity index (χ3v) is 3.48. The second kappa shape index (κ2) is 4.81. The Morgan fingerprint density at radius 2 is 2.11 bits per heavy atom. The Morgan fingerprint density at radius 1 is 1.47 bits per heavy atom. The third kappa shape index (κ3) is 3.04. The van der Waals surface area contributed by atoms with Crippen LogP contribution in [0.1, 0.15) is 18.4 Å². The molecular weight excluding hydrogens is 276 g/mol. The van der Waals surface area contributed by atoms with Gasteiger partial charge in [-0.3, -0.25) is 0 Å². The maximum absolute atomic E-state index is 12.9. The molecule has 1 aliphatic rings. The maximum Gasteiger partial charge on any atom is 0.328 e. The predicted octanol–water partition coefficient (Wildman–Crippen LogP) is 3.44. The van der Waals surface area contributed by atoms with Gasteiger partial charge in [-0.25, -0.2) is 13.6 Å². The van der Waals surface area contributed by atoms with E-state index < -0.39 is 17.8 Å². The van der Waals surface area contributed by atoms with Crippen LogP contribution in [0.5, 0.6) is 0 Å². The fourth-order valence-electron chi connectivity index (χ4n) is 2.17. The number of nitrogens with two attached hydrogens (primary N) is 1. The predicted molar refractivity (Wildman–Crippen MR) is 69.1 cm³/mol. The summed E-state index contributed by atoms with van der Waals surface area (Å²) in [6.45, 7) is 0. The SMILES string of the molecule is Nc1cc(C(=CC(=O)O)C2CC(F)(F)C2)ccc1Cl. The first-order valence-electron chi connectivity index (χ1n) is 5.66. The minimum absolute atomic E-state index is 0.293. The zero-order chi connectivity index (χ0) is 14.2. The van der Waals surface area contributed by atoms with Crippen molar-refractivity contribution in [2.75, 3.05) is 5.73 Å². The molecule has 1 aliphatic carbocycles. The molecule has 2 rings (SSSR count). The molecule has 0 spiro atoms. The number of allylic oxidation sites excluding steroid dienone is 1. The number of carboxylic acid groups (broad SMARTS) is 1. The summed E-state index contributed by atoms with van der Waals surface area (Å²) in [5.74, 6) is -4.34. The average molecular weight is 288 g/mol. The van der Waals surface area contributed by atoms with E-state index in [1.54, 1.807) is 6.07 Å². The van der Waals surface area contributed by atoms with Crippen LogP contribution in [0.2, 0.25) is 5.02 Å². The van der Waals surface area contributed by atoms with E-state index >= 15 is 0 Å². The number of halogens is 3. The third-order valence-electron chi connectivity index (χ3n) is 3.14. The van der Waals surface area contributed by atoms with Crippen LogP contribution in [0, 0.1) is 5.92 Å². The van der Waals surface area contributed by atoms with Gasteiger partial charge in [-0.2, -0.15) is 0 Å². The monoisotopic (exact) mass is 287 g/mol. The van der Waals surface area contributed by atoms with E-state index in [1.807, 2.05) is 0 Å². The number of benzene rings is 1. The van der Waals surface area contributed by atoms with Crippen molar-refractivity contribution in [3.8, 4) is 0 Å². The normalized spacial score (nSPS) is 19.0. The minimum atomic E-state index is -2.71. The Hall–Kier alpha value is -1.62. The van der Waals surface area contributed by atoms with E-state index in [0.717, 1.165) is 6.08 Å². The van der Waals surface area contributed by atoms with Crippen molar-refractivity contribution in [1.29, 1.82) is 0 Å². The van der Waals surface area contributed by atoms with Gasteiger partial charge in [0.05, 0.1) is 10.7 Å². The zero-order valence-corrected chi connectivity index (χ0v) is 10.6. The quantitative estimate of drug-likeness (QED) is 0.661. The van der Waals surface area contributed by atoms with Crippen molar-refractivity contribution in [2.24, 2.45) is 5.92 Å². The molecule has 102 valence electrons. The van der Waals surface area contributed by atoms with Gasteiger partial charge in [0, 0.05) is 18.9 Å². The van der Waals surface area contributed by atoms with E-state index in [-0.39, 0.29) is 12.8 Å². The van der Waals surface area contributed by atoms with Crippen LogP contribution in [0.25, 0.3) is 5.57 Å². The number of nitrogen functional groups attached to an aromatic ring is 1. The van der Waals surface area contributed by atoms with Gasteiger partial charge in [0.15, 0.2) is 0 Å². The molecule has 0 saturated heterocycles. The van der Waals surface area contributed by atoms with Crippen LogP contribution >= 0.6 is 11.6 Å². The van der Waals surface area contributed by atoms with Crippen LogP contribution in [-0.4, -0.2) is 17.0 Å². The summed E-state index contributed by atoms with van der Waals surface area (Å²) < 4.78 is 25.8. The fraction of sp³-hybridized carbons (Fsp3) is 0.308. The summed E-state index contributed by atoms with van der Waals surface area (Å²) in [6, 6.07) is 4.62. The highest BCUT2D eigenvalue weighted by molar-refractivity contribution is 6.33. The number of carboxylic acids is 1. The molecule has 1 aromatic rings. The van der Waals surface area contributed by atoms with Gasteiger partial charge >= 0.3 is 5.97 Å². The van der Waals surface area contributed by atoms with Crippen LogP contribution in [0.4, 0.5) is 14.5 Å². The molecule has 3 N–H and O–H groups in total. The second-order valence-corrected chi connectivity index (χ2v) is 5.04. The molecule has 0 amide bonds. The first-order valence-corrected chi connectivity index (χ1v) is 6.04. The summed E-state index contributed by atoms with van der Waals surface area (Å²) in [5, 5.41) is 9.19. The Balaban J connectivity index is 2.33. The molecule has 0 radical (unpaired) electrons. The Kier molecular flexibility index (Phi) is 3.49. The van der Waals surface area contributed by atoms with Gasteiger partial charge in [0.2, 0.25) is 5.92 Å². The van der Waals surface area contributed by atoms with E-state index in [9.17, 15) is 13.6 Å². The van der Waals surface area contributed by atoms with Gasteiger partial charge in [0.25, 0.3) is 0 Å². The summed E-state index contributed by atoms with van der Waals surface area (Å²) in [4.78, 5) is 10.8. The fourth-order valence-corrected chi connectivity index (χ4v) is 2.29. The number of hydrogen-bond donors (Lipinski definition) is 2. The summed E-state index contributed by atoms with van der Waals surface area (Å²) in [5.41, 5.74) is 6.82.